The summed E-state index contributed by atoms with van der Waals surface area (Å²) in [5, 5.41) is 2.76. The fourth-order valence-corrected chi connectivity index (χ4v) is 2.23. The molecule has 0 spiro atoms. The first-order valence-corrected chi connectivity index (χ1v) is 5.84. The molecule has 1 aromatic heterocycles. The van der Waals surface area contributed by atoms with Gasteiger partial charge in [-0.15, -0.1) is 0 Å². The third-order valence-corrected chi connectivity index (χ3v) is 3.14. The lowest BCUT2D eigenvalue weighted by atomic mass is 10.0. The van der Waals surface area contributed by atoms with Crippen molar-refractivity contribution in [3.8, 4) is 0 Å². The van der Waals surface area contributed by atoms with Crippen molar-refractivity contribution in [2.24, 2.45) is 11.7 Å². The summed E-state index contributed by atoms with van der Waals surface area (Å²) in [5.74, 6) is -0.979. The van der Waals surface area contributed by atoms with E-state index in [0.717, 1.165) is 18.7 Å². The van der Waals surface area contributed by atoms with Gasteiger partial charge in [-0.2, -0.15) is 13.2 Å². The molecule has 1 saturated carbocycles. The summed E-state index contributed by atoms with van der Waals surface area (Å²) < 4.78 is 37.5. The van der Waals surface area contributed by atoms with E-state index in [1.54, 1.807) is 0 Å². The lowest BCUT2D eigenvalue weighted by Crippen LogP contribution is -2.34. The molecule has 8 heteroatoms. The average molecular weight is 274 g/mol. The average Bonchev–Trinajstić information content (AvgIpc) is 2.76. The number of primary amides is 1. The molecule has 1 aliphatic rings. The molecule has 1 amide bonds. The number of nitrogens with one attached hydrogen (secondary N) is 1. The van der Waals surface area contributed by atoms with E-state index in [2.05, 4.69) is 15.3 Å². The highest BCUT2D eigenvalue weighted by atomic mass is 19.4. The third kappa shape index (κ3) is 3.12. The van der Waals surface area contributed by atoms with Gasteiger partial charge in [-0.3, -0.25) is 4.79 Å². The topological polar surface area (TPSA) is 80.9 Å². The molecule has 1 heterocycles. The molecule has 0 radical (unpaired) electrons. The zero-order chi connectivity index (χ0) is 14.0. The number of rotatable bonds is 3. The van der Waals surface area contributed by atoms with E-state index in [-0.39, 0.29) is 12.0 Å². The largest absolute Gasteiger partial charge is 0.433 e. The van der Waals surface area contributed by atoms with Crippen LogP contribution in [-0.2, 0) is 11.0 Å². The number of hydrogen-bond donors (Lipinski definition) is 2. The van der Waals surface area contributed by atoms with E-state index < -0.39 is 23.7 Å². The number of carbonyl (C=O) groups is 1. The normalized spacial score (nSPS) is 23.3. The van der Waals surface area contributed by atoms with Crippen molar-refractivity contribution >= 4 is 11.9 Å². The Balaban J connectivity index is 2.13. The Bertz CT molecular complexity index is 477. The molecule has 0 saturated heterocycles. The number of carbonyl (C=O) groups excluding carboxylic acids is 1. The molecule has 104 valence electrons. The Morgan fingerprint density at radius 1 is 1.42 bits per heavy atom. The maximum Gasteiger partial charge on any atom is 0.433 e. The monoisotopic (exact) mass is 274 g/mol. The van der Waals surface area contributed by atoms with Crippen LogP contribution < -0.4 is 11.1 Å². The van der Waals surface area contributed by atoms with Gasteiger partial charge in [0, 0.05) is 12.2 Å². The predicted molar refractivity (Wildman–Crippen MR) is 61.0 cm³/mol. The van der Waals surface area contributed by atoms with Gasteiger partial charge in [0.1, 0.15) is 5.69 Å². The van der Waals surface area contributed by atoms with Gasteiger partial charge in [0.05, 0.1) is 5.92 Å². The number of nitrogens with two attached hydrogens (primary N) is 1. The maximum atomic E-state index is 12.5. The highest BCUT2D eigenvalue weighted by Crippen LogP contribution is 2.30. The Hall–Kier alpha value is -1.86. The van der Waals surface area contributed by atoms with Crippen LogP contribution in [0.5, 0.6) is 0 Å². The van der Waals surface area contributed by atoms with Crippen molar-refractivity contribution < 1.29 is 18.0 Å². The molecule has 0 bridgehead atoms. The molecule has 5 nitrogen and oxygen atoms in total. The standard InChI is InChI=1S/C11H13F3N4O/c12-11(13,14)8-4-5-16-10(18-8)17-7-3-1-2-6(7)9(15)19/h4-7H,1-3H2,(H2,15,19)(H,16,17,18). The van der Waals surface area contributed by atoms with E-state index in [0.29, 0.717) is 12.8 Å². The van der Waals surface area contributed by atoms with Crippen molar-refractivity contribution in [1.82, 2.24) is 9.97 Å². The Morgan fingerprint density at radius 2 is 2.16 bits per heavy atom. The van der Waals surface area contributed by atoms with Gasteiger partial charge in [0.2, 0.25) is 11.9 Å². The molecular weight excluding hydrogens is 261 g/mol. The molecule has 2 atom stereocenters. The summed E-state index contributed by atoms with van der Waals surface area (Å²) in [6, 6.07) is 0.492. The molecule has 3 N–H and O–H groups in total. The number of amides is 1. The van der Waals surface area contributed by atoms with Crippen molar-refractivity contribution in [3.63, 3.8) is 0 Å². The number of anilines is 1. The number of nitrogens with zero attached hydrogens (tertiary/aromatic N) is 2. The van der Waals surface area contributed by atoms with E-state index in [4.69, 9.17) is 5.73 Å². The van der Waals surface area contributed by atoms with Crippen LogP contribution in [0.2, 0.25) is 0 Å². The maximum absolute atomic E-state index is 12.5. The molecular formula is C11H13F3N4O. The van der Waals surface area contributed by atoms with Gasteiger partial charge in [-0.25, -0.2) is 9.97 Å². The van der Waals surface area contributed by atoms with Crippen molar-refractivity contribution in [1.29, 1.82) is 0 Å². The SMILES string of the molecule is NC(=O)C1CCCC1Nc1nccc(C(F)(F)F)n1. The summed E-state index contributed by atoms with van der Waals surface area (Å²) in [4.78, 5) is 18.3. The summed E-state index contributed by atoms with van der Waals surface area (Å²) >= 11 is 0. The summed E-state index contributed by atoms with van der Waals surface area (Å²) in [5.41, 5.74) is 4.23. The third-order valence-electron chi connectivity index (χ3n) is 3.14. The van der Waals surface area contributed by atoms with Gasteiger partial charge < -0.3 is 11.1 Å². The minimum Gasteiger partial charge on any atom is -0.369 e. The number of alkyl halides is 3. The van der Waals surface area contributed by atoms with Gasteiger partial charge in [-0.05, 0) is 18.9 Å². The lowest BCUT2D eigenvalue weighted by Gasteiger charge is -2.18. The molecule has 0 aliphatic heterocycles. The molecule has 2 unspecified atom stereocenters. The Kier molecular flexibility index (Phi) is 3.59. The summed E-state index contributed by atoms with van der Waals surface area (Å²) in [7, 11) is 0. The molecule has 1 fully saturated rings. The number of aromatic nitrogens is 2. The molecule has 1 aliphatic carbocycles. The second-order valence-electron chi connectivity index (χ2n) is 4.45. The number of halogens is 3. The van der Waals surface area contributed by atoms with Crippen molar-refractivity contribution in [2.45, 2.75) is 31.5 Å². The van der Waals surface area contributed by atoms with Gasteiger partial charge in [-0.1, -0.05) is 6.42 Å². The van der Waals surface area contributed by atoms with Gasteiger partial charge >= 0.3 is 6.18 Å². The van der Waals surface area contributed by atoms with Gasteiger partial charge in [0.15, 0.2) is 0 Å². The first-order valence-electron chi connectivity index (χ1n) is 5.84. The first-order chi connectivity index (χ1) is 8.88. The fourth-order valence-electron chi connectivity index (χ4n) is 2.23. The van der Waals surface area contributed by atoms with E-state index in [1.165, 1.54) is 0 Å². The molecule has 0 aromatic carbocycles. The zero-order valence-corrected chi connectivity index (χ0v) is 9.94. The second kappa shape index (κ2) is 5.02. The highest BCUT2D eigenvalue weighted by Gasteiger charge is 2.34. The van der Waals surface area contributed by atoms with Crippen LogP contribution in [0.4, 0.5) is 19.1 Å². The smallest absolute Gasteiger partial charge is 0.369 e. The van der Waals surface area contributed by atoms with Crippen LogP contribution in [0.3, 0.4) is 0 Å². The van der Waals surface area contributed by atoms with Crippen molar-refractivity contribution in [3.05, 3.63) is 18.0 Å². The minimum atomic E-state index is -4.52. The molecule has 2 rings (SSSR count). The number of hydrogen-bond acceptors (Lipinski definition) is 4. The second-order valence-corrected chi connectivity index (χ2v) is 4.45. The Morgan fingerprint density at radius 3 is 2.79 bits per heavy atom. The highest BCUT2D eigenvalue weighted by molar-refractivity contribution is 5.78. The van der Waals surface area contributed by atoms with E-state index in [1.807, 2.05) is 0 Å². The van der Waals surface area contributed by atoms with Crippen LogP contribution in [0.15, 0.2) is 12.3 Å². The predicted octanol–water partition coefficient (Wildman–Crippen LogP) is 1.56. The Labute approximate surface area is 107 Å². The zero-order valence-electron chi connectivity index (χ0n) is 9.94. The quantitative estimate of drug-likeness (QED) is 0.876. The van der Waals surface area contributed by atoms with Crippen LogP contribution >= 0.6 is 0 Å². The summed E-state index contributed by atoms with van der Waals surface area (Å²) in [6.07, 6.45) is -1.39. The van der Waals surface area contributed by atoms with Gasteiger partial charge in [0.25, 0.3) is 0 Å². The van der Waals surface area contributed by atoms with Crippen LogP contribution in [0.25, 0.3) is 0 Å². The fraction of sp³-hybridized carbons (Fsp3) is 0.545. The molecule has 19 heavy (non-hydrogen) atoms. The van der Waals surface area contributed by atoms with Crippen molar-refractivity contribution in [2.75, 3.05) is 5.32 Å². The van der Waals surface area contributed by atoms with Crippen LogP contribution in [0, 0.1) is 5.92 Å². The lowest BCUT2D eigenvalue weighted by molar-refractivity contribution is -0.141. The van der Waals surface area contributed by atoms with Crippen LogP contribution in [-0.4, -0.2) is 21.9 Å². The van der Waals surface area contributed by atoms with E-state index >= 15 is 0 Å². The van der Waals surface area contributed by atoms with Crippen LogP contribution in [0.1, 0.15) is 25.0 Å². The summed E-state index contributed by atoms with van der Waals surface area (Å²) in [6.45, 7) is 0. The molecule has 1 aromatic rings. The first kappa shape index (κ1) is 13.6. The minimum absolute atomic E-state index is 0.132. The van der Waals surface area contributed by atoms with E-state index in [9.17, 15) is 18.0 Å².